The molecule has 0 radical (unpaired) electrons. The van der Waals surface area contributed by atoms with E-state index in [1.54, 1.807) is 0 Å². The maximum absolute atomic E-state index is 4.23. The van der Waals surface area contributed by atoms with Crippen molar-refractivity contribution in [3.05, 3.63) is 11.8 Å². The van der Waals surface area contributed by atoms with Crippen LogP contribution in [0.4, 0.5) is 0 Å². The van der Waals surface area contributed by atoms with Crippen LogP contribution in [0.2, 0.25) is 0 Å². The van der Waals surface area contributed by atoms with Gasteiger partial charge in [-0.15, -0.1) is 0 Å². The van der Waals surface area contributed by atoms with E-state index in [4.69, 9.17) is 0 Å². The molecule has 0 N–H and O–H groups in total. The minimum absolute atomic E-state index is 0.814. The summed E-state index contributed by atoms with van der Waals surface area (Å²) in [5.41, 5.74) is 2.42. The first-order valence-electron chi connectivity index (χ1n) is 3.10. The molecule has 50 valence electrons. The molecular formula is C7H12N2. The summed E-state index contributed by atoms with van der Waals surface area (Å²) in [4.78, 5) is 6.35. The van der Waals surface area contributed by atoms with Crippen molar-refractivity contribution in [1.29, 1.82) is 0 Å². The molecule has 0 atom stereocenters. The molecule has 0 spiro atoms. The smallest absolute Gasteiger partial charge is 0.110 e. The number of hydrogen-bond donors (Lipinski definition) is 0. The van der Waals surface area contributed by atoms with E-state index in [9.17, 15) is 0 Å². The third-order valence-electron chi connectivity index (χ3n) is 1.55. The highest BCUT2D eigenvalue weighted by atomic mass is 15.2. The Bertz CT molecular complexity index is 168. The van der Waals surface area contributed by atoms with Crippen molar-refractivity contribution < 1.29 is 0 Å². The summed E-state index contributed by atoms with van der Waals surface area (Å²) >= 11 is 0. The van der Waals surface area contributed by atoms with Gasteiger partial charge in [-0.1, -0.05) is 0 Å². The summed E-state index contributed by atoms with van der Waals surface area (Å²) < 4.78 is 0. The minimum Gasteiger partial charge on any atom is -0.359 e. The summed E-state index contributed by atoms with van der Waals surface area (Å²) in [5.74, 6) is 0. The maximum Gasteiger partial charge on any atom is 0.110 e. The summed E-state index contributed by atoms with van der Waals surface area (Å²) in [6.07, 6.45) is 2.09. The number of hydrogen-bond acceptors (Lipinski definition) is 2. The molecule has 9 heavy (non-hydrogen) atoms. The van der Waals surface area contributed by atoms with Crippen LogP contribution in [-0.2, 0) is 0 Å². The zero-order valence-corrected chi connectivity index (χ0v) is 6.18. The molecule has 0 fully saturated rings. The summed E-state index contributed by atoms with van der Waals surface area (Å²) in [6, 6.07) is 0. The molecule has 0 saturated heterocycles. The van der Waals surface area contributed by atoms with E-state index in [2.05, 4.69) is 22.9 Å². The fraction of sp³-hybridized carbons (Fsp3) is 0.571. The van der Waals surface area contributed by atoms with Gasteiger partial charge in [0.15, 0.2) is 0 Å². The lowest BCUT2D eigenvalue weighted by molar-refractivity contribution is 0.428. The first-order valence-corrected chi connectivity index (χ1v) is 3.10. The Labute approximate surface area is 55.9 Å². The van der Waals surface area contributed by atoms with Crippen LogP contribution in [0.3, 0.4) is 0 Å². The van der Waals surface area contributed by atoms with Crippen molar-refractivity contribution in [2.75, 3.05) is 13.7 Å². The second kappa shape index (κ2) is 2.21. The fourth-order valence-electron chi connectivity index (χ4n) is 0.787. The molecule has 1 aliphatic heterocycles. The Morgan fingerprint density at radius 2 is 2.22 bits per heavy atom. The van der Waals surface area contributed by atoms with Crippen molar-refractivity contribution in [3.63, 3.8) is 0 Å². The van der Waals surface area contributed by atoms with Gasteiger partial charge in [0.05, 0.1) is 0 Å². The van der Waals surface area contributed by atoms with Crippen LogP contribution in [0.1, 0.15) is 13.8 Å². The highest BCUT2D eigenvalue weighted by Gasteiger charge is 2.02. The first-order chi connectivity index (χ1) is 4.20. The second-order valence-electron chi connectivity index (χ2n) is 2.42. The van der Waals surface area contributed by atoms with Crippen molar-refractivity contribution in [2.45, 2.75) is 13.8 Å². The summed E-state index contributed by atoms with van der Waals surface area (Å²) in [7, 11) is 2.04. The molecule has 0 aromatic rings. The van der Waals surface area contributed by atoms with E-state index in [-0.39, 0.29) is 0 Å². The third kappa shape index (κ3) is 1.31. The Kier molecular flexibility index (Phi) is 1.56. The Morgan fingerprint density at radius 1 is 1.56 bits per heavy atom. The average molecular weight is 124 g/mol. The van der Waals surface area contributed by atoms with Crippen LogP contribution in [0.5, 0.6) is 0 Å². The van der Waals surface area contributed by atoms with Crippen molar-refractivity contribution >= 4 is 5.71 Å². The molecule has 0 saturated carbocycles. The summed E-state index contributed by atoms with van der Waals surface area (Å²) in [5, 5.41) is 0. The van der Waals surface area contributed by atoms with E-state index < -0.39 is 0 Å². The van der Waals surface area contributed by atoms with Crippen LogP contribution in [0.15, 0.2) is 16.8 Å². The highest BCUT2D eigenvalue weighted by molar-refractivity contribution is 5.93. The van der Waals surface area contributed by atoms with E-state index in [1.165, 1.54) is 5.70 Å². The van der Waals surface area contributed by atoms with Gasteiger partial charge in [-0.2, -0.15) is 0 Å². The van der Waals surface area contributed by atoms with Gasteiger partial charge in [0, 0.05) is 18.5 Å². The van der Waals surface area contributed by atoms with Gasteiger partial charge in [0.2, 0.25) is 0 Å². The molecule has 2 nitrogen and oxygen atoms in total. The van der Waals surface area contributed by atoms with Crippen LogP contribution >= 0.6 is 0 Å². The predicted octanol–water partition coefficient (Wildman–Crippen LogP) is 1.25. The van der Waals surface area contributed by atoms with Crippen molar-refractivity contribution in [3.8, 4) is 0 Å². The molecule has 1 aliphatic rings. The number of rotatable bonds is 0. The van der Waals surface area contributed by atoms with E-state index in [1.807, 2.05) is 14.0 Å². The van der Waals surface area contributed by atoms with Crippen molar-refractivity contribution in [2.24, 2.45) is 4.99 Å². The first kappa shape index (κ1) is 6.33. The average Bonchev–Trinajstić information content (AvgIpc) is 1.80. The minimum atomic E-state index is 0.814. The molecular weight excluding hydrogens is 112 g/mol. The largest absolute Gasteiger partial charge is 0.359 e. The molecule has 2 heteroatoms. The molecule has 0 aromatic heterocycles. The van der Waals surface area contributed by atoms with Crippen LogP contribution in [0, 0.1) is 0 Å². The molecule has 0 unspecified atom stereocenters. The Hall–Kier alpha value is -0.790. The van der Waals surface area contributed by atoms with Gasteiger partial charge in [-0.05, 0) is 19.9 Å². The predicted molar refractivity (Wildman–Crippen MR) is 39.5 cm³/mol. The lowest BCUT2D eigenvalue weighted by Crippen LogP contribution is -2.20. The van der Waals surface area contributed by atoms with E-state index in [0.29, 0.717) is 0 Å². The lowest BCUT2D eigenvalue weighted by Gasteiger charge is -2.20. The Morgan fingerprint density at radius 3 is 2.67 bits per heavy atom. The Balaban J connectivity index is 2.74. The van der Waals surface area contributed by atoms with Crippen molar-refractivity contribution in [1.82, 2.24) is 4.90 Å². The zero-order valence-electron chi connectivity index (χ0n) is 6.18. The fourth-order valence-corrected chi connectivity index (χ4v) is 0.787. The van der Waals surface area contributed by atoms with Crippen LogP contribution < -0.4 is 0 Å². The van der Waals surface area contributed by atoms with E-state index >= 15 is 0 Å². The summed E-state index contributed by atoms with van der Waals surface area (Å²) in [6.45, 7) is 4.93. The number of aliphatic imine (C=N–C) groups is 1. The SMILES string of the molecule is CC1=CC(C)=NCN1C. The topological polar surface area (TPSA) is 15.6 Å². The van der Waals surface area contributed by atoms with Gasteiger partial charge in [0.25, 0.3) is 0 Å². The zero-order chi connectivity index (χ0) is 6.85. The van der Waals surface area contributed by atoms with Gasteiger partial charge in [-0.3, -0.25) is 4.99 Å². The molecule has 0 amide bonds. The molecule has 0 aromatic carbocycles. The second-order valence-corrected chi connectivity index (χ2v) is 2.42. The monoisotopic (exact) mass is 124 g/mol. The van der Waals surface area contributed by atoms with Crippen LogP contribution in [-0.4, -0.2) is 24.3 Å². The lowest BCUT2D eigenvalue weighted by atomic mass is 10.3. The van der Waals surface area contributed by atoms with Gasteiger partial charge in [0.1, 0.15) is 6.67 Å². The van der Waals surface area contributed by atoms with Crippen LogP contribution in [0.25, 0.3) is 0 Å². The maximum atomic E-state index is 4.23. The van der Waals surface area contributed by atoms with Gasteiger partial charge in [-0.25, -0.2) is 0 Å². The molecule has 0 bridgehead atoms. The highest BCUT2D eigenvalue weighted by Crippen LogP contribution is 2.05. The number of nitrogens with zero attached hydrogens (tertiary/aromatic N) is 2. The standard InChI is InChI=1S/C7H12N2/c1-6-4-7(2)9(3)5-8-6/h4H,5H2,1-3H3. The third-order valence-corrected chi connectivity index (χ3v) is 1.55. The van der Waals surface area contributed by atoms with Gasteiger partial charge < -0.3 is 4.90 Å². The molecule has 1 rings (SSSR count). The van der Waals surface area contributed by atoms with E-state index in [0.717, 1.165) is 12.4 Å². The van der Waals surface area contributed by atoms with Gasteiger partial charge >= 0.3 is 0 Å². The molecule has 1 heterocycles. The normalized spacial score (nSPS) is 19.2. The molecule has 0 aliphatic carbocycles. The number of allylic oxidation sites excluding steroid dienone is 2. The quantitative estimate of drug-likeness (QED) is 0.474.